The van der Waals surface area contributed by atoms with Crippen LogP contribution < -0.4 is 0 Å². The van der Waals surface area contributed by atoms with Crippen LogP contribution in [-0.2, 0) is 6.18 Å². The number of alkyl halides is 3. The average molecular weight is 373 g/mol. The van der Waals surface area contributed by atoms with Crippen molar-refractivity contribution in [2.24, 2.45) is 0 Å². The monoisotopic (exact) mass is 371 g/mol. The van der Waals surface area contributed by atoms with E-state index in [1.54, 1.807) is 11.4 Å². The van der Waals surface area contributed by atoms with E-state index >= 15 is 0 Å². The van der Waals surface area contributed by atoms with E-state index in [-0.39, 0.29) is 10.7 Å². The maximum Gasteiger partial charge on any atom is 0.433 e. The van der Waals surface area contributed by atoms with Crippen LogP contribution in [0.15, 0.2) is 27.4 Å². The van der Waals surface area contributed by atoms with E-state index in [1.165, 1.54) is 11.3 Å². The third kappa shape index (κ3) is 3.28. The molecular weight excluding hydrogens is 367 g/mol. The van der Waals surface area contributed by atoms with Gasteiger partial charge < -0.3 is 5.11 Å². The van der Waals surface area contributed by atoms with Gasteiger partial charge >= 0.3 is 6.18 Å². The summed E-state index contributed by atoms with van der Waals surface area (Å²) in [7, 11) is 0. The van der Waals surface area contributed by atoms with E-state index in [9.17, 15) is 18.3 Å². The maximum atomic E-state index is 12.4. The van der Waals surface area contributed by atoms with E-state index in [4.69, 9.17) is 11.6 Å². The summed E-state index contributed by atoms with van der Waals surface area (Å²) in [5.41, 5.74) is -0.403. The van der Waals surface area contributed by atoms with Gasteiger partial charge in [-0.3, -0.25) is 0 Å². The predicted octanol–water partition coefficient (Wildman–Crippen LogP) is 4.66. The first-order valence-electron chi connectivity index (χ1n) is 4.94. The molecule has 0 aliphatic carbocycles. The fourth-order valence-corrected chi connectivity index (χ4v) is 2.91. The molecule has 0 aromatic carbocycles. The molecule has 0 spiro atoms. The molecule has 2 rings (SSSR count). The Hall–Kier alpha value is -0.630. The second-order valence-corrected chi connectivity index (χ2v) is 6.31. The van der Waals surface area contributed by atoms with Gasteiger partial charge in [-0.15, -0.1) is 11.3 Å². The Morgan fingerprint density at radius 2 is 2.05 bits per heavy atom. The van der Waals surface area contributed by atoms with Crippen LogP contribution in [0.5, 0.6) is 0 Å². The maximum absolute atomic E-state index is 12.4. The molecule has 0 aliphatic rings. The summed E-state index contributed by atoms with van der Waals surface area (Å²) in [5.74, 6) is 0. The van der Waals surface area contributed by atoms with Crippen molar-refractivity contribution in [3.63, 3.8) is 0 Å². The molecule has 0 amide bonds. The van der Waals surface area contributed by atoms with Crippen molar-refractivity contribution in [1.29, 1.82) is 0 Å². The number of aliphatic hydroxyl groups excluding tert-OH is 1. The fraction of sp³-hybridized carbons (Fsp3) is 0.182. The highest BCUT2D eigenvalue weighted by atomic mass is 79.9. The number of pyridine rings is 1. The van der Waals surface area contributed by atoms with Gasteiger partial charge in [0.2, 0.25) is 0 Å². The molecule has 102 valence electrons. The van der Waals surface area contributed by atoms with Gasteiger partial charge in [0.05, 0.1) is 3.79 Å². The number of aromatic nitrogens is 1. The van der Waals surface area contributed by atoms with Gasteiger partial charge in [-0.05, 0) is 39.0 Å². The van der Waals surface area contributed by atoms with Crippen molar-refractivity contribution in [2.45, 2.75) is 12.3 Å². The third-order valence-electron chi connectivity index (χ3n) is 2.37. The number of rotatable bonds is 2. The Kier molecular flexibility index (Phi) is 4.20. The zero-order valence-electron chi connectivity index (χ0n) is 9.08. The van der Waals surface area contributed by atoms with Crippen molar-refractivity contribution < 1.29 is 18.3 Å². The predicted molar refractivity (Wildman–Crippen MR) is 70.3 cm³/mol. The molecule has 2 nitrogen and oxygen atoms in total. The summed E-state index contributed by atoms with van der Waals surface area (Å²) in [4.78, 5) is 3.27. The van der Waals surface area contributed by atoms with Crippen LogP contribution in [-0.4, -0.2) is 10.1 Å². The molecule has 0 radical (unpaired) electrons. The topological polar surface area (TPSA) is 33.1 Å². The van der Waals surface area contributed by atoms with Crippen LogP contribution in [0.2, 0.25) is 5.15 Å². The first kappa shape index (κ1) is 14.8. The molecule has 8 heteroatoms. The molecule has 0 saturated carbocycles. The minimum atomic E-state index is -4.56. The third-order valence-corrected chi connectivity index (χ3v) is 4.19. The molecule has 2 heterocycles. The second kappa shape index (κ2) is 5.40. The number of hydrogen-bond acceptors (Lipinski definition) is 3. The van der Waals surface area contributed by atoms with Crippen LogP contribution >= 0.6 is 38.9 Å². The van der Waals surface area contributed by atoms with Crippen molar-refractivity contribution in [1.82, 2.24) is 4.98 Å². The largest absolute Gasteiger partial charge is 0.433 e. The number of thiophene rings is 1. The molecule has 1 N–H and O–H groups in total. The number of halogens is 5. The van der Waals surface area contributed by atoms with E-state index < -0.39 is 18.0 Å². The standard InChI is InChI=1S/C11H6BrClF3NOS/c12-8-3-5(4-19-8)9(18)6-1-2-7(11(14,15)16)17-10(6)13/h1-4,9,18H. The normalized spacial score (nSPS) is 13.6. The van der Waals surface area contributed by atoms with Gasteiger partial charge in [0.15, 0.2) is 0 Å². The zero-order valence-corrected chi connectivity index (χ0v) is 12.2. The van der Waals surface area contributed by atoms with Crippen molar-refractivity contribution in [3.05, 3.63) is 49.3 Å². The van der Waals surface area contributed by atoms with Crippen molar-refractivity contribution in [3.8, 4) is 0 Å². The molecule has 0 aliphatic heterocycles. The summed E-state index contributed by atoms with van der Waals surface area (Å²) < 4.78 is 38.1. The highest BCUT2D eigenvalue weighted by Gasteiger charge is 2.33. The first-order chi connectivity index (χ1) is 8.79. The molecule has 1 unspecified atom stereocenters. The van der Waals surface area contributed by atoms with Gasteiger partial charge in [0.25, 0.3) is 0 Å². The Morgan fingerprint density at radius 3 is 2.53 bits per heavy atom. The summed E-state index contributed by atoms with van der Waals surface area (Å²) in [6, 6.07) is 3.60. The molecule has 2 aromatic heterocycles. The molecule has 0 bridgehead atoms. The van der Waals surface area contributed by atoms with Crippen LogP contribution in [0.1, 0.15) is 22.9 Å². The number of nitrogens with zero attached hydrogens (tertiary/aromatic N) is 1. The van der Waals surface area contributed by atoms with E-state index in [0.29, 0.717) is 5.56 Å². The number of aliphatic hydroxyl groups is 1. The van der Waals surface area contributed by atoms with Crippen LogP contribution in [0.4, 0.5) is 13.2 Å². The van der Waals surface area contributed by atoms with Gasteiger partial charge in [0.1, 0.15) is 17.0 Å². The van der Waals surface area contributed by atoms with Crippen LogP contribution in [0.3, 0.4) is 0 Å². The van der Waals surface area contributed by atoms with E-state index in [0.717, 1.165) is 15.9 Å². The molecule has 0 fully saturated rings. The molecule has 2 aromatic rings. The van der Waals surface area contributed by atoms with Crippen molar-refractivity contribution in [2.75, 3.05) is 0 Å². The Morgan fingerprint density at radius 1 is 1.37 bits per heavy atom. The first-order valence-corrected chi connectivity index (χ1v) is 6.99. The Balaban J connectivity index is 2.36. The Bertz CT molecular complexity index is 602. The minimum Gasteiger partial charge on any atom is -0.384 e. The lowest BCUT2D eigenvalue weighted by Gasteiger charge is -2.13. The highest BCUT2D eigenvalue weighted by Crippen LogP contribution is 2.34. The fourth-order valence-electron chi connectivity index (χ4n) is 1.45. The highest BCUT2D eigenvalue weighted by molar-refractivity contribution is 9.11. The van der Waals surface area contributed by atoms with Gasteiger partial charge in [-0.2, -0.15) is 13.2 Å². The van der Waals surface area contributed by atoms with E-state index in [2.05, 4.69) is 20.9 Å². The van der Waals surface area contributed by atoms with Crippen LogP contribution in [0, 0.1) is 0 Å². The van der Waals surface area contributed by atoms with E-state index in [1.807, 2.05) is 0 Å². The van der Waals surface area contributed by atoms with Gasteiger partial charge in [-0.1, -0.05) is 17.7 Å². The summed E-state index contributed by atoms with van der Waals surface area (Å²) in [6.07, 6.45) is -5.66. The minimum absolute atomic E-state index is 0.139. The number of hydrogen-bond donors (Lipinski definition) is 1. The molecular formula is C11H6BrClF3NOS. The lowest BCUT2D eigenvalue weighted by Crippen LogP contribution is -2.10. The van der Waals surface area contributed by atoms with Crippen LogP contribution in [0.25, 0.3) is 0 Å². The molecule has 1 atom stereocenters. The quantitative estimate of drug-likeness (QED) is 0.778. The summed E-state index contributed by atoms with van der Waals surface area (Å²) in [5, 5.41) is 11.4. The Labute approximate surface area is 124 Å². The van der Waals surface area contributed by atoms with Crippen molar-refractivity contribution >= 4 is 38.9 Å². The lowest BCUT2D eigenvalue weighted by molar-refractivity contribution is -0.141. The second-order valence-electron chi connectivity index (χ2n) is 3.66. The smallest absolute Gasteiger partial charge is 0.384 e. The summed E-state index contributed by atoms with van der Waals surface area (Å²) in [6.45, 7) is 0. The zero-order chi connectivity index (χ0) is 14.2. The van der Waals surface area contributed by atoms with Gasteiger partial charge in [0, 0.05) is 5.56 Å². The molecule has 19 heavy (non-hydrogen) atoms. The van der Waals surface area contributed by atoms with Gasteiger partial charge in [-0.25, -0.2) is 4.98 Å². The SMILES string of the molecule is OC(c1csc(Br)c1)c1ccc(C(F)(F)F)nc1Cl. The summed E-state index contributed by atoms with van der Waals surface area (Å²) >= 11 is 10.3. The molecule has 0 saturated heterocycles. The lowest BCUT2D eigenvalue weighted by atomic mass is 10.1. The average Bonchev–Trinajstić information content (AvgIpc) is 2.73.